The van der Waals surface area contributed by atoms with E-state index in [1.807, 2.05) is 0 Å². The van der Waals surface area contributed by atoms with Gasteiger partial charge in [-0.05, 0) is 26.2 Å². The van der Waals surface area contributed by atoms with Crippen LogP contribution in [0.4, 0.5) is 0 Å². The molecule has 1 N–H and O–H groups in total. The van der Waals surface area contributed by atoms with Crippen LogP contribution < -0.4 is 0 Å². The minimum absolute atomic E-state index is 0.0458. The van der Waals surface area contributed by atoms with Gasteiger partial charge in [0.2, 0.25) is 0 Å². The standard InChI is InChI=1S/C15H22O3/c1-9-4-5-13(2)11(6-9)18-12-10(16)7-14(13,3)15(12)8-17-15/h6,10-12,16H,4-5,7-8H2,1-3H3. The Kier molecular flexibility index (Phi) is 1.92. The molecule has 3 nitrogen and oxygen atoms in total. The summed E-state index contributed by atoms with van der Waals surface area (Å²) in [6.45, 7) is 7.59. The van der Waals surface area contributed by atoms with Crippen LogP contribution in [-0.2, 0) is 9.47 Å². The number of hydrogen-bond donors (Lipinski definition) is 1. The summed E-state index contributed by atoms with van der Waals surface area (Å²) in [5.41, 5.74) is 1.36. The fraction of sp³-hybridized carbons (Fsp3) is 0.867. The molecule has 1 spiro atoms. The Morgan fingerprint density at radius 1 is 1.39 bits per heavy atom. The lowest BCUT2D eigenvalue weighted by atomic mass is 9.53. The number of aliphatic hydroxyl groups is 1. The summed E-state index contributed by atoms with van der Waals surface area (Å²) in [5, 5.41) is 10.3. The maximum absolute atomic E-state index is 10.3. The zero-order valence-electron chi connectivity index (χ0n) is 11.4. The van der Waals surface area contributed by atoms with Crippen molar-refractivity contribution in [3.63, 3.8) is 0 Å². The SMILES string of the molecule is CC1=CC2OC3C(O)CC(C)(C2(C)CC1)C31CO1. The van der Waals surface area contributed by atoms with Crippen LogP contribution >= 0.6 is 0 Å². The van der Waals surface area contributed by atoms with Crippen LogP contribution in [0, 0.1) is 10.8 Å². The summed E-state index contributed by atoms with van der Waals surface area (Å²) in [5.74, 6) is 0. The van der Waals surface area contributed by atoms with Crippen molar-refractivity contribution in [3.05, 3.63) is 11.6 Å². The molecule has 18 heavy (non-hydrogen) atoms. The molecule has 0 aromatic heterocycles. The van der Waals surface area contributed by atoms with E-state index in [2.05, 4.69) is 26.8 Å². The molecule has 2 aliphatic heterocycles. The highest BCUT2D eigenvalue weighted by atomic mass is 16.6. The van der Waals surface area contributed by atoms with Gasteiger partial charge in [-0.15, -0.1) is 0 Å². The lowest BCUT2D eigenvalue weighted by Crippen LogP contribution is -2.61. The molecule has 2 saturated heterocycles. The zero-order chi connectivity index (χ0) is 12.8. The van der Waals surface area contributed by atoms with E-state index in [4.69, 9.17) is 9.47 Å². The molecule has 4 aliphatic rings. The number of ether oxygens (including phenoxy) is 2. The minimum atomic E-state index is -0.367. The smallest absolute Gasteiger partial charge is 0.126 e. The first-order chi connectivity index (χ1) is 8.43. The van der Waals surface area contributed by atoms with Gasteiger partial charge in [0.05, 0.1) is 18.8 Å². The lowest BCUT2D eigenvalue weighted by molar-refractivity contribution is -0.197. The van der Waals surface area contributed by atoms with Crippen LogP contribution in [-0.4, -0.2) is 35.6 Å². The largest absolute Gasteiger partial charge is 0.390 e. The van der Waals surface area contributed by atoms with E-state index < -0.39 is 0 Å². The molecule has 0 radical (unpaired) electrons. The van der Waals surface area contributed by atoms with Crippen LogP contribution in [0.2, 0.25) is 0 Å². The normalized spacial score (nSPS) is 61.6. The molecule has 3 heteroatoms. The fourth-order valence-electron chi connectivity index (χ4n) is 4.86. The highest BCUT2D eigenvalue weighted by Crippen LogP contribution is 2.71. The van der Waals surface area contributed by atoms with Crippen LogP contribution in [0.25, 0.3) is 0 Å². The molecule has 6 unspecified atom stereocenters. The first-order valence-corrected chi connectivity index (χ1v) is 7.08. The Hall–Kier alpha value is -0.380. The van der Waals surface area contributed by atoms with Gasteiger partial charge in [0, 0.05) is 10.8 Å². The predicted octanol–water partition coefficient (Wildman–Crippen LogP) is 2.04. The molecular weight excluding hydrogens is 228 g/mol. The number of hydrogen-bond acceptors (Lipinski definition) is 3. The van der Waals surface area contributed by atoms with Gasteiger partial charge < -0.3 is 14.6 Å². The van der Waals surface area contributed by atoms with E-state index in [9.17, 15) is 5.11 Å². The predicted molar refractivity (Wildman–Crippen MR) is 67.2 cm³/mol. The molecule has 2 aliphatic carbocycles. The summed E-state index contributed by atoms with van der Waals surface area (Å²) >= 11 is 0. The maximum atomic E-state index is 10.3. The minimum Gasteiger partial charge on any atom is -0.390 e. The molecule has 1 saturated carbocycles. The second-order valence-corrected chi connectivity index (χ2v) is 7.19. The van der Waals surface area contributed by atoms with E-state index in [1.54, 1.807) is 0 Å². The van der Waals surface area contributed by atoms with E-state index in [-0.39, 0.29) is 34.7 Å². The number of aliphatic hydroxyl groups excluding tert-OH is 1. The highest BCUT2D eigenvalue weighted by Gasteiger charge is 2.79. The van der Waals surface area contributed by atoms with Gasteiger partial charge in [0.15, 0.2) is 0 Å². The molecule has 3 fully saturated rings. The number of fused-ring (bicyclic) bond motifs is 2. The molecule has 0 aromatic carbocycles. The van der Waals surface area contributed by atoms with Gasteiger partial charge in [-0.3, -0.25) is 0 Å². The van der Waals surface area contributed by atoms with Crippen LogP contribution in [0.5, 0.6) is 0 Å². The third-order valence-electron chi connectivity index (χ3n) is 6.47. The molecule has 4 rings (SSSR count). The highest BCUT2D eigenvalue weighted by molar-refractivity contribution is 5.31. The quantitative estimate of drug-likeness (QED) is 0.528. The molecule has 2 bridgehead atoms. The van der Waals surface area contributed by atoms with Crippen LogP contribution in [0.15, 0.2) is 11.6 Å². The third-order valence-corrected chi connectivity index (χ3v) is 6.47. The van der Waals surface area contributed by atoms with Crippen molar-refractivity contribution in [2.24, 2.45) is 10.8 Å². The van der Waals surface area contributed by atoms with Crippen molar-refractivity contribution >= 4 is 0 Å². The maximum Gasteiger partial charge on any atom is 0.126 e. The first-order valence-electron chi connectivity index (χ1n) is 7.08. The molecule has 0 aromatic rings. The molecular formula is C15H22O3. The van der Waals surface area contributed by atoms with E-state index in [1.165, 1.54) is 5.57 Å². The zero-order valence-corrected chi connectivity index (χ0v) is 11.4. The van der Waals surface area contributed by atoms with Crippen molar-refractivity contribution in [3.8, 4) is 0 Å². The van der Waals surface area contributed by atoms with E-state index in [0.29, 0.717) is 0 Å². The Bertz CT molecular complexity index is 439. The van der Waals surface area contributed by atoms with Gasteiger partial charge in [0.1, 0.15) is 11.7 Å². The summed E-state index contributed by atoms with van der Waals surface area (Å²) in [7, 11) is 0. The third kappa shape index (κ3) is 1.01. The van der Waals surface area contributed by atoms with Gasteiger partial charge in [-0.1, -0.05) is 25.5 Å². The van der Waals surface area contributed by atoms with Crippen molar-refractivity contribution in [2.45, 2.75) is 63.9 Å². The monoisotopic (exact) mass is 250 g/mol. The Morgan fingerprint density at radius 3 is 2.78 bits per heavy atom. The second kappa shape index (κ2) is 3.02. The lowest BCUT2D eigenvalue weighted by Gasteiger charge is -2.56. The Morgan fingerprint density at radius 2 is 2.11 bits per heavy atom. The Balaban J connectivity index is 1.86. The van der Waals surface area contributed by atoms with Crippen LogP contribution in [0.1, 0.15) is 40.0 Å². The van der Waals surface area contributed by atoms with Crippen molar-refractivity contribution in [2.75, 3.05) is 6.61 Å². The number of epoxide rings is 1. The Labute approximate surface area is 108 Å². The summed E-state index contributed by atoms with van der Waals surface area (Å²) in [6, 6.07) is 0. The topological polar surface area (TPSA) is 42.0 Å². The first kappa shape index (κ1) is 11.4. The number of rotatable bonds is 0. The fourth-order valence-corrected chi connectivity index (χ4v) is 4.86. The van der Waals surface area contributed by atoms with Crippen molar-refractivity contribution in [1.82, 2.24) is 0 Å². The van der Waals surface area contributed by atoms with Crippen LogP contribution in [0.3, 0.4) is 0 Å². The number of allylic oxidation sites excluding steroid dienone is 1. The average molecular weight is 250 g/mol. The summed E-state index contributed by atoms with van der Waals surface area (Å²) in [4.78, 5) is 0. The van der Waals surface area contributed by atoms with Gasteiger partial charge in [-0.25, -0.2) is 0 Å². The molecule has 100 valence electrons. The average Bonchev–Trinajstić information content (AvgIpc) is 3.06. The van der Waals surface area contributed by atoms with E-state index >= 15 is 0 Å². The van der Waals surface area contributed by atoms with E-state index in [0.717, 1.165) is 25.9 Å². The summed E-state index contributed by atoms with van der Waals surface area (Å²) < 4.78 is 12.1. The second-order valence-electron chi connectivity index (χ2n) is 7.19. The summed E-state index contributed by atoms with van der Waals surface area (Å²) in [6.07, 6.45) is 5.04. The van der Waals surface area contributed by atoms with Gasteiger partial charge >= 0.3 is 0 Å². The van der Waals surface area contributed by atoms with Crippen molar-refractivity contribution in [1.29, 1.82) is 0 Å². The molecule has 0 amide bonds. The molecule has 2 heterocycles. The van der Waals surface area contributed by atoms with Gasteiger partial charge in [-0.2, -0.15) is 0 Å². The molecule has 6 atom stereocenters. The van der Waals surface area contributed by atoms with Crippen molar-refractivity contribution < 1.29 is 14.6 Å². The van der Waals surface area contributed by atoms with Gasteiger partial charge in [0.25, 0.3) is 0 Å².